The number of terminal acetylenes is 1. The van der Waals surface area contributed by atoms with Gasteiger partial charge in [-0.1, -0.05) is 40.5 Å². The number of hydrogen-bond acceptors (Lipinski definition) is 4. The maximum atomic E-state index is 12.7. The lowest BCUT2D eigenvalue weighted by atomic mass is 10.2. The van der Waals surface area contributed by atoms with Gasteiger partial charge in [-0.05, 0) is 30.3 Å². The zero-order chi connectivity index (χ0) is 18.3. The molecule has 0 aliphatic carbocycles. The fourth-order valence-electron chi connectivity index (χ4n) is 2.59. The van der Waals surface area contributed by atoms with Crippen molar-refractivity contribution in [3.05, 3.63) is 56.3 Å². The van der Waals surface area contributed by atoms with E-state index in [0.29, 0.717) is 20.4 Å². The minimum atomic E-state index is -0.347. The van der Waals surface area contributed by atoms with Crippen LogP contribution in [-0.4, -0.2) is 15.5 Å². The van der Waals surface area contributed by atoms with Crippen LogP contribution in [-0.2, 0) is 6.54 Å². The van der Waals surface area contributed by atoms with Crippen molar-refractivity contribution in [3.63, 3.8) is 0 Å². The van der Waals surface area contributed by atoms with Gasteiger partial charge in [-0.3, -0.25) is 4.79 Å². The second-order valence-electron chi connectivity index (χ2n) is 5.36. The van der Waals surface area contributed by atoms with Crippen LogP contribution in [0.25, 0.3) is 20.4 Å². The Balaban J connectivity index is 1.89. The number of thiazole rings is 2. The molecule has 1 amide bonds. The second kappa shape index (κ2) is 6.86. The standard InChI is InChI=1S/C18H9Cl2N3OS2/c1-2-5-23-16-12(20)7-11(19)8-15(16)26-18(23)22-17(24)10-3-4-13-14(6-10)25-9-21-13/h1,3-4,6-9H,5H2. The van der Waals surface area contributed by atoms with E-state index in [1.807, 2.05) is 6.07 Å². The third-order valence-corrected chi connectivity index (χ3v) is 6.04. The highest BCUT2D eigenvalue weighted by Crippen LogP contribution is 2.29. The summed E-state index contributed by atoms with van der Waals surface area (Å²) in [6, 6.07) is 8.76. The van der Waals surface area contributed by atoms with E-state index < -0.39 is 0 Å². The fraction of sp³-hybridized carbons (Fsp3) is 0.0556. The number of hydrogen-bond donors (Lipinski definition) is 0. The molecule has 0 fully saturated rings. The Morgan fingerprint density at radius 3 is 2.92 bits per heavy atom. The van der Waals surface area contributed by atoms with Gasteiger partial charge in [0.25, 0.3) is 5.91 Å². The molecule has 0 atom stereocenters. The van der Waals surface area contributed by atoms with Crippen LogP contribution in [0.5, 0.6) is 0 Å². The summed E-state index contributed by atoms with van der Waals surface area (Å²) in [5, 5.41) is 0.990. The molecule has 0 N–H and O–H groups in total. The molecule has 0 spiro atoms. The van der Waals surface area contributed by atoms with Gasteiger partial charge in [-0.15, -0.1) is 17.8 Å². The number of halogens is 2. The second-order valence-corrected chi connectivity index (χ2v) is 8.10. The number of nitrogens with zero attached hydrogens (tertiary/aromatic N) is 3. The number of amides is 1. The Morgan fingerprint density at radius 2 is 2.12 bits per heavy atom. The molecule has 0 aliphatic heterocycles. The van der Waals surface area contributed by atoms with Crippen molar-refractivity contribution >= 4 is 72.2 Å². The van der Waals surface area contributed by atoms with Crippen molar-refractivity contribution in [3.8, 4) is 12.3 Å². The molecular weight excluding hydrogens is 409 g/mol. The number of benzene rings is 2. The van der Waals surface area contributed by atoms with Gasteiger partial charge in [0, 0.05) is 10.6 Å². The first-order valence-corrected chi connectivity index (χ1v) is 9.86. The van der Waals surface area contributed by atoms with Crippen molar-refractivity contribution in [2.24, 2.45) is 4.99 Å². The molecule has 128 valence electrons. The van der Waals surface area contributed by atoms with Crippen molar-refractivity contribution in [1.29, 1.82) is 0 Å². The molecule has 26 heavy (non-hydrogen) atoms. The molecule has 8 heteroatoms. The van der Waals surface area contributed by atoms with E-state index in [2.05, 4.69) is 15.9 Å². The van der Waals surface area contributed by atoms with Crippen molar-refractivity contribution in [2.75, 3.05) is 0 Å². The monoisotopic (exact) mass is 417 g/mol. The van der Waals surface area contributed by atoms with E-state index in [-0.39, 0.29) is 12.5 Å². The van der Waals surface area contributed by atoms with E-state index >= 15 is 0 Å². The maximum absolute atomic E-state index is 12.7. The Labute approximate surface area is 166 Å². The first kappa shape index (κ1) is 17.3. The van der Waals surface area contributed by atoms with Crippen LogP contribution < -0.4 is 4.80 Å². The topological polar surface area (TPSA) is 47.2 Å². The summed E-state index contributed by atoms with van der Waals surface area (Å²) < 4.78 is 3.51. The normalized spacial score (nSPS) is 12.0. The lowest BCUT2D eigenvalue weighted by molar-refractivity contribution is 0.0998. The van der Waals surface area contributed by atoms with Crippen LogP contribution in [0.15, 0.2) is 40.8 Å². The van der Waals surface area contributed by atoms with Crippen LogP contribution in [0.1, 0.15) is 10.4 Å². The van der Waals surface area contributed by atoms with Gasteiger partial charge < -0.3 is 4.57 Å². The zero-order valence-corrected chi connectivity index (χ0v) is 16.2. The van der Waals surface area contributed by atoms with E-state index in [9.17, 15) is 4.79 Å². The van der Waals surface area contributed by atoms with Gasteiger partial charge in [0.05, 0.1) is 37.5 Å². The van der Waals surface area contributed by atoms with Crippen LogP contribution >= 0.6 is 45.9 Å². The molecule has 0 saturated heterocycles. The molecule has 4 rings (SSSR count). The molecule has 0 aliphatic rings. The van der Waals surface area contributed by atoms with Gasteiger partial charge in [0.15, 0.2) is 4.80 Å². The Hall–Kier alpha value is -2.17. The van der Waals surface area contributed by atoms with Crippen LogP contribution in [0, 0.1) is 12.3 Å². The molecule has 0 unspecified atom stereocenters. The van der Waals surface area contributed by atoms with Gasteiger partial charge >= 0.3 is 0 Å². The Bertz CT molecular complexity index is 1280. The summed E-state index contributed by atoms with van der Waals surface area (Å²) in [4.78, 5) is 21.6. The summed E-state index contributed by atoms with van der Waals surface area (Å²) >= 11 is 15.2. The molecule has 0 bridgehead atoms. The maximum Gasteiger partial charge on any atom is 0.279 e. The quantitative estimate of drug-likeness (QED) is 0.431. The van der Waals surface area contributed by atoms with Gasteiger partial charge in [0.2, 0.25) is 0 Å². The van der Waals surface area contributed by atoms with E-state index in [4.69, 9.17) is 29.6 Å². The van der Waals surface area contributed by atoms with Crippen LogP contribution in [0.4, 0.5) is 0 Å². The molecular formula is C18H9Cl2N3OS2. The van der Waals surface area contributed by atoms with Crippen LogP contribution in [0.2, 0.25) is 10.0 Å². The largest absolute Gasteiger partial charge is 0.303 e. The predicted molar refractivity (Wildman–Crippen MR) is 108 cm³/mol. The lowest BCUT2D eigenvalue weighted by Crippen LogP contribution is -2.16. The van der Waals surface area contributed by atoms with Crippen LogP contribution in [0.3, 0.4) is 0 Å². The molecule has 0 radical (unpaired) electrons. The number of carbonyl (C=O) groups is 1. The van der Waals surface area contributed by atoms with E-state index in [1.165, 1.54) is 22.7 Å². The zero-order valence-electron chi connectivity index (χ0n) is 13.1. The lowest BCUT2D eigenvalue weighted by Gasteiger charge is -2.02. The van der Waals surface area contributed by atoms with Gasteiger partial charge in [-0.2, -0.15) is 4.99 Å². The molecule has 2 aromatic heterocycles. The molecule has 2 aromatic carbocycles. The minimum Gasteiger partial charge on any atom is -0.303 e. The third kappa shape index (κ3) is 3.04. The number of fused-ring (bicyclic) bond motifs is 2. The average molecular weight is 418 g/mol. The Morgan fingerprint density at radius 1 is 1.27 bits per heavy atom. The molecule has 4 aromatic rings. The highest BCUT2D eigenvalue weighted by molar-refractivity contribution is 7.17. The van der Waals surface area contributed by atoms with Gasteiger partial charge in [-0.25, -0.2) is 4.98 Å². The number of rotatable bonds is 2. The average Bonchev–Trinajstić information content (AvgIpc) is 3.19. The molecule has 2 heterocycles. The minimum absolute atomic E-state index is 0.251. The highest BCUT2D eigenvalue weighted by atomic mass is 35.5. The summed E-state index contributed by atoms with van der Waals surface area (Å²) in [5.41, 5.74) is 3.82. The predicted octanol–water partition coefficient (Wildman–Crippen LogP) is 4.99. The van der Waals surface area contributed by atoms with E-state index in [1.54, 1.807) is 34.3 Å². The number of carbonyl (C=O) groups excluding carboxylic acids is 1. The fourth-order valence-corrected chi connectivity index (χ4v) is 5.12. The first-order valence-electron chi connectivity index (χ1n) is 7.41. The first-order chi connectivity index (χ1) is 12.6. The molecule has 0 saturated carbocycles. The smallest absolute Gasteiger partial charge is 0.279 e. The summed E-state index contributed by atoms with van der Waals surface area (Å²) in [5.74, 6) is 2.23. The summed E-state index contributed by atoms with van der Waals surface area (Å²) in [6.45, 7) is 0.251. The Kier molecular flexibility index (Phi) is 4.55. The molecule has 4 nitrogen and oxygen atoms in total. The number of aromatic nitrogens is 2. The van der Waals surface area contributed by atoms with Gasteiger partial charge in [0.1, 0.15) is 0 Å². The summed E-state index contributed by atoms with van der Waals surface area (Å²) in [7, 11) is 0. The summed E-state index contributed by atoms with van der Waals surface area (Å²) in [6.07, 6.45) is 5.48. The SMILES string of the molecule is C#CCn1c(=NC(=O)c2ccc3ncsc3c2)sc2cc(Cl)cc(Cl)c21. The van der Waals surface area contributed by atoms with Crippen molar-refractivity contribution < 1.29 is 4.79 Å². The highest BCUT2D eigenvalue weighted by Gasteiger charge is 2.13. The van der Waals surface area contributed by atoms with E-state index in [0.717, 1.165) is 20.4 Å². The van der Waals surface area contributed by atoms with Crippen molar-refractivity contribution in [1.82, 2.24) is 9.55 Å². The van der Waals surface area contributed by atoms with Crippen molar-refractivity contribution in [2.45, 2.75) is 6.54 Å². The third-order valence-electron chi connectivity index (χ3n) is 3.72.